The van der Waals surface area contributed by atoms with Crippen LogP contribution in [0.4, 0.5) is 0 Å². The van der Waals surface area contributed by atoms with Crippen LogP contribution in [-0.2, 0) is 0 Å². The molecule has 110 valence electrons. The molecule has 0 aliphatic heterocycles. The van der Waals surface area contributed by atoms with E-state index in [-0.39, 0.29) is 0 Å². The number of carbonyl (C=O) groups excluding carboxylic acids is 1. The van der Waals surface area contributed by atoms with Crippen molar-refractivity contribution in [3.05, 3.63) is 54.1 Å². The summed E-state index contributed by atoms with van der Waals surface area (Å²) in [6.45, 7) is 2.97. The predicted molar refractivity (Wildman–Crippen MR) is 86.9 cm³/mol. The molecule has 0 unspecified atom stereocenters. The van der Waals surface area contributed by atoms with Gasteiger partial charge in [0.15, 0.2) is 6.29 Å². The first-order chi connectivity index (χ1) is 10.3. The Hall–Kier alpha value is -2.09. The van der Waals surface area contributed by atoms with Crippen LogP contribution in [0.3, 0.4) is 0 Å². The van der Waals surface area contributed by atoms with E-state index < -0.39 is 0 Å². The average Bonchev–Trinajstić information content (AvgIpc) is 2.55. The van der Waals surface area contributed by atoms with Crippen molar-refractivity contribution in [3.8, 4) is 16.9 Å². The summed E-state index contributed by atoms with van der Waals surface area (Å²) in [4.78, 5) is 11.1. The molecule has 0 aromatic heterocycles. The maximum atomic E-state index is 11.1. The molecule has 2 aromatic rings. The van der Waals surface area contributed by atoms with Gasteiger partial charge in [-0.15, -0.1) is 0 Å². The third-order valence-electron chi connectivity index (χ3n) is 3.52. The normalized spacial score (nSPS) is 10.3. The third kappa shape index (κ3) is 4.45. The molecule has 0 amide bonds. The highest BCUT2D eigenvalue weighted by Crippen LogP contribution is 2.25. The van der Waals surface area contributed by atoms with Crippen LogP contribution in [-0.4, -0.2) is 12.9 Å². The Kier molecular flexibility index (Phi) is 6.01. The fourth-order valence-corrected chi connectivity index (χ4v) is 2.31. The number of hydrogen-bond acceptors (Lipinski definition) is 2. The molecular formula is C19H22O2. The van der Waals surface area contributed by atoms with E-state index in [9.17, 15) is 4.79 Å². The standard InChI is InChI=1S/C19H22O2/c1-2-3-4-7-14-21-18-12-10-16(11-13-18)19-9-6-5-8-17(19)15-20/h5-6,8-13,15H,2-4,7,14H2,1H3. The van der Waals surface area contributed by atoms with Gasteiger partial charge < -0.3 is 4.74 Å². The highest BCUT2D eigenvalue weighted by Gasteiger charge is 2.03. The summed E-state index contributed by atoms with van der Waals surface area (Å²) >= 11 is 0. The van der Waals surface area contributed by atoms with Crippen LogP contribution >= 0.6 is 0 Å². The summed E-state index contributed by atoms with van der Waals surface area (Å²) < 4.78 is 5.73. The number of aldehydes is 1. The molecule has 0 fully saturated rings. The molecule has 0 saturated heterocycles. The van der Waals surface area contributed by atoms with Crippen LogP contribution in [0.25, 0.3) is 11.1 Å². The topological polar surface area (TPSA) is 26.3 Å². The molecule has 2 heteroatoms. The summed E-state index contributed by atoms with van der Waals surface area (Å²) in [5.41, 5.74) is 2.71. The second kappa shape index (κ2) is 8.25. The van der Waals surface area contributed by atoms with Gasteiger partial charge in [-0.3, -0.25) is 4.79 Å². The molecule has 0 aliphatic carbocycles. The molecule has 0 atom stereocenters. The van der Waals surface area contributed by atoms with Crippen molar-refractivity contribution >= 4 is 6.29 Å². The Balaban J connectivity index is 1.97. The number of carbonyl (C=O) groups is 1. The van der Waals surface area contributed by atoms with Gasteiger partial charge in [0.05, 0.1) is 6.61 Å². The molecule has 2 nitrogen and oxygen atoms in total. The van der Waals surface area contributed by atoms with E-state index in [4.69, 9.17) is 4.74 Å². The molecule has 0 aliphatic rings. The maximum Gasteiger partial charge on any atom is 0.150 e. The van der Waals surface area contributed by atoms with Crippen molar-refractivity contribution in [2.24, 2.45) is 0 Å². The average molecular weight is 282 g/mol. The predicted octanol–water partition coefficient (Wildman–Crippen LogP) is 5.13. The van der Waals surface area contributed by atoms with Crippen LogP contribution in [0, 0.1) is 0 Å². The van der Waals surface area contributed by atoms with Crippen LogP contribution in [0.1, 0.15) is 43.0 Å². The molecule has 21 heavy (non-hydrogen) atoms. The first-order valence-corrected chi connectivity index (χ1v) is 7.62. The SMILES string of the molecule is CCCCCCOc1ccc(-c2ccccc2C=O)cc1. The van der Waals surface area contributed by atoms with Crippen molar-refractivity contribution in [3.63, 3.8) is 0 Å². The number of unbranched alkanes of at least 4 members (excludes halogenated alkanes) is 3. The van der Waals surface area contributed by atoms with Gasteiger partial charge in [-0.2, -0.15) is 0 Å². The van der Waals surface area contributed by atoms with Crippen molar-refractivity contribution in [2.75, 3.05) is 6.61 Å². The van der Waals surface area contributed by atoms with Gasteiger partial charge >= 0.3 is 0 Å². The van der Waals surface area contributed by atoms with E-state index in [1.54, 1.807) is 0 Å². The van der Waals surface area contributed by atoms with Gasteiger partial charge in [-0.25, -0.2) is 0 Å². The van der Waals surface area contributed by atoms with E-state index in [0.29, 0.717) is 5.56 Å². The Labute approximate surface area is 126 Å². The fraction of sp³-hybridized carbons (Fsp3) is 0.316. The summed E-state index contributed by atoms with van der Waals surface area (Å²) in [6.07, 6.45) is 5.73. The Morgan fingerprint density at radius 2 is 1.71 bits per heavy atom. The number of benzene rings is 2. The third-order valence-corrected chi connectivity index (χ3v) is 3.52. The summed E-state index contributed by atoms with van der Waals surface area (Å²) in [5.74, 6) is 0.888. The minimum atomic E-state index is 0.714. The number of ether oxygens (including phenoxy) is 1. The van der Waals surface area contributed by atoms with Crippen molar-refractivity contribution < 1.29 is 9.53 Å². The Morgan fingerprint density at radius 1 is 0.952 bits per heavy atom. The largest absolute Gasteiger partial charge is 0.494 e. The highest BCUT2D eigenvalue weighted by atomic mass is 16.5. The van der Waals surface area contributed by atoms with E-state index in [1.165, 1.54) is 19.3 Å². The summed E-state index contributed by atoms with van der Waals surface area (Å²) in [5, 5.41) is 0. The molecular weight excluding hydrogens is 260 g/mol. The van der Waals surface area contributed by atoms with Crippen molar-refractivity contribution in [2.45, 2.75) is 32.6 Å². The van der Waals surface area contributed by atoms with Crippen LogP contribution in [0.5, 0.6) is 5.75 Å². The molecule has 2 aromatic carbocycles. The smallest absolute Gasteiger partial charge is 0.150 e. The Morgan fingerprint density at radius 3 is 2.43 bits per heavy atom. The van der Waals surface area contributed by atoms with Gasteiger partial charge in [0.1, 0.15) is 5.75 Å². The van der Waals surface area contributed by atoms with Gasteiger partial charge in [-0.1, -0.05) is 62.6 Å². The lowest BCUT2D eigenvalue weighted by Gasteiger charge is -2.08. The van der Waals surface area contributed by atoms with E-state index in [2.05, 4.69) is 6.92 Å². The zero-order chi connectivity index (χ0) is 14.9. The molecule has 0 radical (unpaired) electrons. The zero-order valence-electron chi connectivity index (χ0n) is 12.5. The highest BCUT2D eigenvalue weighted by molar-refractivity contribution is 5.87. The van der Waals surface area contributed by atoms with Gasteiger partial charge in [0.25, 0.3) is 0 Å². The lowest BCUT2D eigenvalue weighted by Crippen LogP contribution is -1.97. The van der Waals surface area contributed by atoms with E-state index in [1.807, 2.05) is 48.5 Å². The van der Waals surface area contributed by atoms with Gasteiger partial charge in [-0.05, 0) is 29.7 Å². The lowest BCUT2D eigenvalue weighted by molar-refractivity contribution is 0.112. The van der Waals surface area contributed by atoms with Gasteiger partial charge in [0, 0.05) is 5.56 Å². The monoisotopic (exact) mass is 282 g/mol. The number of rotatable bonds is 8. The molecule has 0 bridgehead atoms. The molecule has 2 rings (SSSR count). The molecule has 0 N–H and O–H groups in total. The maximum absolute atomic E-state index is 11.1. The van der Waals surface area contributed by atoms with Crippen LogP contribution in [0.2, 0.25) is 0 Å². The minimum absolute atomic E-state index is 0.714. The van der Waals surface area contributed by atoms with Gasteiger partial charge in [0.2, 0.25) is 0 Å². The lowest BCUT2D eigenvalue weighted by atomic mass is 10.0. The van der Waals surface area contributed by atoms with E-state index >= 15 is 0 Å². The Bertz CT molecular complexity index is 558. The molecule has 0 saturated carbocycles. The van der Waals surface area contributed by atoms with Crippen LogP contribution in [0.15, 0.2) is 48.5 Å². The van der Waals surface area contributed by atoms with Crippen molar-refractivity contribution in [1.82, 2.24) is 0 Å². The first-order valence-electron chi connectivity index (χ1n) is 7.62. The van der Waals surface area contributed by atoms with Crippen molar-refractivity contribution in [1.29, 1.82) is 0 Å². The first kappa shape index (κ1) is 15.3. The summed E-state index contributed by atoms with van der Waals surface area (Å²) in [6, 6.07) is 15.6. The quantitative estimate of drug-likeness (QED) is 0.496. The van der Waals surface area contributed by atoms with E-state index in [0.717, 1.165) is 36.2 Å². The van der Waals surface area contributed by atoms with Crippen LogP contribution < -0.4 is 4.74 Å². The second-order valence-electron chi connectivity index (χ2n) is 5.14. The minimum Gasteiger partial charge on any atom is -0.494 e. The zero-order valence-corrected chi connectivity index (χ0v) is 12.5. The summed E-state index contributed by atoms with van der Waals surface area (Å²) in [7, 11) is 0. The molecule has 0 heterocycles. The number of hydrogen-bond donors (Lipinski definition) is 0. The molecule has 0 spiro atoms. The second-order valence-corrected chi connectivity index (χ2v) is 5.14. The fourth-order valence-electron chi connectivity index (χ4n) is 2.31.